The van der Waals surface area contributed by atoms with Crippen LogP contribution in [0.2, 0.25) is 0 Å². The molecule has 0 unspecified atom stereocenters. The minimum Gasteiger partial charge on any atom is -0.311 e. The minimum atomic E-state index is -0.253. The lowest BCUT2D eigenvalue weighted by atomic mass is 10.2. The van der Waals surface area contributed by atoms with Crippen LogP contribution in [-0.2, 0) is 12.8 Å². The van der Waals surface area contributed by atoms with Crippen LogP contribution in [0.5, 0.6) is 0 Å². The maximum Gasteiger partial charge on any atom is 0.278 e. The van der Waals surface area contributed by atoms with E-state index in [1.165, 1.54) is 30.2 Å². The molecule has 20 heavy (non-hydrogen) atoms. The quantitative estimate of drug-likeness (QED) is 0.750. The van der Waals surface area contributed by atoms with Gasteiger partial charge in [-0.25, -0.2) is 14.4 Å². The Hall–Kier alpha value is -2.15. The largest absolute Gasteiger partial charge is 0.311 e. The third-order valence-corrected chi connectivity index (χ3v) is 4.00. The van der Waals surface area contributed by atoms with E-state index in [1.54, 1.807) is 16.7 Å². The van der Waals surface area contributed by atoms with Gasteiger partial charge >= 0.3 is 0 Å². The Morgan fingerprint density at radius 1 is 1.35 bits per heavy atom. The van der Waals surface area contributed by atoms with Crippen molar-refractivity contribution in [1.29, 1.82) is 0 Å². The average Bonchev–Trinajstić information content (AvgIpc) is 2.77. The van der Waals surface area contributed by atoms with Crippen molar-refractivity contribution in [2.45, 2.75) is 10.9 Å². The van der Waals surface area contributed by atoms with Crippen LogP contribution in [0.4, 0.5) is 4.39 Å². The topological polar surface area (TPSA) is 63.6 Å². The second-order valence-electron chi connectivity index (χ2n) is 4.27. The fourth-order valence-electron chi connectivity index (χ4n) is 1.85. The lowest BCUT2D eigenvalue weighted by molar-refractivity contribution is 0.627. The summed E-state index contributed by atoms with van der Waals surface area (Å²) in [6, 6.07) is 6.32. The zero-order valence-electron chi connectivity index (χ0n) is 10.6. The van der Waals surface area contributed by atoms with Crippen LogP contribution >= 0.6 is 11.8 Å². The number of halogens is 1. The highest BCUT2D eigenvalue weighted by Crippen LogP contribution is 2.23. The number of aromatic amines is 1. The van der Waals surface area contributed by atoms with Gasteiger partial charge in [-0.3, -0.25) is 4.79 Å². The molecular weight excluding hydrogens is 279 g/mol. The van der Waals surface area contributed by atoms with Crippen LogP contribution in [-0.4, -0.2) is 19.5 Å². The molecule has 1 N–H and O–H groups in total. The van der Waals surface area contributed by atoms with Crippen LogP contribution in [0, 0.1) is 5.82 Å². The minimum absolute atomic E-state index is 0.251. The highest BCUT2D eigenvalue weighted by Gasteiger charge is 2.11. The summed E-state index contributed by atoms with van der Waals surface area (Å²) in [5.41, 5.74) is 1.62. The summed E-state index contributed by atoms with van der Waals surface area (Å²) < 4.78 is 14.6. The van der Waals surface area contributed by atoms with Crippen LogP contribution < -0.4 is 5.56 Å². The average molecular weight is 290 g/mol. The number of imidazole rings is 1. The number of hydrogen-bond donors (Lipinski definition) is 1. The van der Waals surface area contributed by atoms with Gasteiger partial charge in [0.1, 0.15) is 5.82 Å². The first-order valence-electron chi connectivity index (χ1n) is 5.92. The molecule has 0 atom stereocenters. The molecule has 2 heterocycles. The van der Waals surface area contributed by atoms with Crippen molar-refractivity contribution in [2.24, 2.45) is 7.05 Å². The number of fused-ring (bicyclic) bond motifs is 1. The molecule has 5 nitrogen and oxygen atoms in total. The zero-order chi connectivity index (χ0) is 14.1. The Bertz CT molecular complexity index is 809. The van der Waals surface area contributed by atoms with Crippen LogP contribution in [0.15, 0.2) is 40.5 Å². The van der Waals surface area contributed by atoms with E-state index < -0.39 is 0 Å². The van der Waals surface area contributed by atoms with Gasteiger partial charge in [0, 0.05) is 12.8 Å². The molecule has 7 heteroatoms. The van der Waals surface area contributed by atoms with E-state index in [1.807, 2.05) is 7.05 Å². The van der Waals surface area contributed by atoms with Crippen molar-refractivity contribution in [3.63, 3.8) is 0 Å². The molecule has 0 aliphatic heterocycles. The predicted octanol–water partition coefficient (Wildman–Crippen LogP) is 2.09. The number of aromatic nitrogens is 4. The number of thioether (sulfide) groups is 1. The SMILES string of the molecule is Cn1c(SCc2ccc(F)cc2)nc2c(=O)[nH]cnc21. The number of hydrogen-bond acceptors (Lipinski definition) is 4. The zero-order valence-corrected chi connectivity index (χ0v) is 11.4. The van der Waals surface area contributed by atoms with E-state index >= 15 is 0 Å². The molecule has 102 valence electrons. The van der Waals surface area contributed by atoms with Gasteiger partial charge in [-0.15, -0.1) is 0 Å². The van der Waals surface area contributed by atoms with E-state index in [4.69, 9.17) is 0 Å². The van der Waals surface area contributed by atoms with Crippen LogP contribution in [0.1, 0.15) is 5.56 Å². The van der Waals surface area contributed by atoms with Gasteiger partial charge in [0.25, 0.3) is 5.56 Å². The molecule has 2 aromatic heterocycles. The molecule has 3 aromatic rings. The van der Waals surface area contributed by atoms with Gasteiger partial charge in [-0.1, -0.05) is 23.9 Å². The second kappa shape index (κ2) is 5.09. The lowest BCUT2D eigenvalue weighted by Crippen LogP contribution is -2.06. The van der Waals surface area contributed by atoms with E-state index in [0.29, 0.717) is 22.1 Å². The summed E-state index contributed by atoms with van der Waals surface area (Å²) >= 11 is 1.48. The van der Waals surface area contributed by atoms with Gasteiger partial charge in [-0.2, -0.15) is 0 Å². The van der Waals surface area contributed by atoms with Crippen LogP contribution in [0.25, 0.3) is 11.2 Å². The van der Waals surface area contributed by atoms with Crippen LogP contribution in [0.3, 0.4) is 0 Å². The molecule has 3 rings (SSSR count). The summed E-state index contributed by atoms with van der Waals surface area (Å²) in [5, 5.41) is 0.702. The summed E-state index contributed by atoms with van der Waals surface area (Å²) in [7, 11) is 1.81. The Kier molecular flexibility index (Phi) is 3.27. The molecular formula is C13H11FN4OS. The predicted molar refractivity (Wildman–Crippen MR) is 75.1 cm³/mol. The normalized spacial score (nSPS) is 11.1. The fraction of sp³-hybridized carbons (Fsp3) is 0.154. The van der Waals surface area contributed by atoms with E-state index in [-0.39, 0.29) is 11.4 Å². The van der Waals surface area contributed by atoms with Gasteiger partial charge in [-0.05, 0) is 17.7 Å². The number of H-pyrrole nitrogens is 1. The van der Waals surface area contributed by atoms with Crippen molar-refractivity contribution in [1.82, 2.24) is 19.5 Å². The number of nitrogens with zero attached hydrogens (tertiary/aromatic N) is 3. The lowest BCUT2D eigenvalue weighted by Gasteiger charge is -2.02. The van der Waals surface area contributed by atoms with Crippen molar-refractivity contribution in [2.75, 3.05) is 0 Å². The monoisotopic (exact) mass is 290 g/mol. The smallest absolute Gasteiger partial charge is 0.278 e. The first-order valence-corrected chi connectivity index (χ1v) is 6.91. The molecule has 0 radical (unpaired) electrons. The molecule has 0 saturated carbocycles. The fourth-order valence-corrected chi connectivity index (χ4v) is 2.77. The molecule has 0 spiro atoms. The summed E-state index contributed by atoms with van der Waals surface area (Å²) in [5.74, 6) is 0.396. The van der Waals surface area contributed by atoms with E-state index in [0.717, 1.165) is 5.56 Å². The maximum absolute atomic E-state index is 12.8. The molecule has 0 saturated heterocycles. The summed E-state index contributed by atoms with van der Waals surface area (Å²) in [6.45, 7) is 0. The van der Waals surface area contributed by atoms with Gasteiger partial charge in [0.2, 0.25) is 0 Å². The summed E-state index contributed by atoms with van der Waals surface area (Å²) in [6.07, 6.45) is 1.36. The Morgan fingerprint density at radius 3 is 2.80 bits per heavy atom. The van der Waals surface area contributed by atoms with Crippen molar-refractivity contribution in [3.05, 3.63) is 52.3 Å². The number of nitrogens with one attached hydrogen (secondary N) is 1. The third-order valence-electron chi connectivity index (χ3n) is 2.90. The molecule has 1 aromatic carbocycles. The number of aryl methyl sites for hydroxylation is 1. The molecule has 0 aliphatic rings. The second-order valence-corrected chi connectivity index (χ2v) is 5.21. The Morgan fingerprint density at radius 2 is 2.10 bits per heavy atom. The van der Waals surface area contributed by atoms with Gasteiger partial charge in [0.05, 0.1) is 6.33 Å². The van der Waals surface area contributed by atoms with Crippen molar-refractivity contribution in [3.8, 4) is 0 Å². The van der Waals surface area contributed by atoms with Crippen molar-refractivity contribution < 1.29 is 4.39 Å². The number of benzene rings is 1. The maximum atomic E-state index is 12.8. The first-order chi connectivity index (χ1) is 9.65. The molecule has 0 fully saturated rings. The Balaban J connectivity index is 1.88. The third kappa shape index (κ3) is 2.32. The Labute approximate surface area is 117 Å². The molecule has 0 aliphatic carbocycles. The highest BCUT2D eigenvalue weighted by atomic mass is 32.2. The first kappa shape index (κ1) is 12.9. The summed E-state index contributed by atoms with van der Waals surface area (Å²) in [4.78, 5) is 22.5. The van der Waals surface area contributed by atoms with Gasteiger partial charge < -0.3 is 9.55 Å². The van der Waals surface area contributed by atoms with Crippen molar-refractivity contribution >= 4 is 22.9 Å². The highest BCUT2D eigenvalue weighted by molar-refractivity contribution is 7.98. The van der Waals surface area contributed by atoms with E-state index in [2.05, 4.69) is 15.0 Å². The molecule has 0 bridgehead atoms. The standard InChI is InChI=1S/C13H11FN4OS/c1-18-11-10(12(19)16-7-15-11)17-13(18)20-6-8-2-4-9(14)5-3-8/h2-5,7H,6H2,1H3,(H,15,16,19). The van der Waals surface area contributed by atoms with E-state index in [9.17, 15) is 9.18 Å². The molecule has 0 amide bonds. The van der Waals surface area contributed by atoms with Gasteiger partial charge in [0.15, 0.2) is 16.3 Å². The number of rotatable bonds is 3.